The Balaban J connectivity index is 5.00. The summed E-state index contributed by atoms with van der Waals surface area (Å²) in [6.45, 7) is 20.9. The summed E-state index contributed by atoms with van der Waals surface area (Å²) in [5.74, 6) is 3.21. The molecule has 6 atom stereocenters. The Hall–Kier alpha value is -0.120. The van der Waals surface area contributed by atoms with Crippen molar-refractivity contribution in [2.45, 2.75) is 350 Å². The maximum Gasteiger partial charge on any atom is 0.160 e. The van der Waals surface area contributed by atoms with Crippen LogP contribution in [0.3, 0.4) is 0 Å². The lowest BCUT2D eigenvalue weighted by atomic mass is 9.89. The average Bonchev–Trinajstić information content (AvgIpc) is 3.26. The van der Waals surface area contributed by atoms with Gasteiger partial charge in [0.2, 0.25) is 0 Å². The predicted molar refractivity (Wildman–Crippen MR) is 283 cm³/mol. The summed E-state index contributed by atoms with van der Waals surface area (Å²) < 4.78 is 20.1. The highest BCUT2D eigenvalue weighted by molar-refractivity contribution is 4.65. The Morgan fingerprint density at radius 1 is 0.238 bits per heavy atom. The normalized spacial score (nSPS) is 14.9. The molecule has 0 aromatic heterocycles. The topological polar surface area (TPSA) is 27.7 Å². The molecule has 0 aromatic carbocycles. The summed E-state index contributed by atoms with van der Waals surface area (Å²) in [5.41, 5.74) is 0. The van der Waals surface area contributed by atoms with Crippen molar-refractivity contribution in [3.05, 3.63) is 0 Å². The average molecular weight is 892 g/mol. The zero-order chi connectivity index (χ0) is 46.1. The van der Waals surface area contributed by atoms with Crippen molar-refractivity contribution in [2.75, 3.05) is 13.2 Å². The van der Waals surface area contributed by atoms with Gasteiger partial charge in [-0.15, -0.1) is 0 Å². The highest BCUT2D eigenvalue weighted by Gasteiger charge is 2.20. The molecule has 0 N–H and O–H groups in total. The molecule has 0 amide bonds. The van der Waals surface area contributed by atoms with Crippen LogP contribution in [0.2, 0.25) is 0 Å². The Labute approximate surface area is 400 Å². The van der Waals surface area contributed by atoms with Crippen LogP contribution in [0.15, 0.2) is 0 Å². The molecule has 0 aliphatic rings. The van der Waals surface area contributed by atoms with Gasteiger partial charge in [-0.05, 0) is 75.0 Å². The second-order valence-electron chi connectivity index (χ2n) is 21.7. The Bertz CT molecular complexity index is 764. The molecule has 0 aromatic rings. The van der Waals surface area contributed by atoms with Gasteiger partial charge in [-0.3, -0.25) is 0 Å². The first-order valence-electron chi connectivity index (χ1n) is 29.7. The van der Waals surface area contributed by atoms with Gasteiger partial charge in [0.1, 0.15) is 0 Å². The molecule has 3 nitrogen and oxygen atoms in total. The lowest BCUT2D eigenvalue weighted by Gasteiger charge is -2.27. The van der Waals surface area contributed by atoms with Crippen molar-refractivity contribution in [1.29, 1.82) is 0 Å². The number of unbranched alkanes of at least 4 members (excludes halogenated alkanes) is 30. The van der Waals surface area contributed by atoms with Crippen molar-refractivity contribution in [3.63, 3.8) is 0 Å². The van der Waals surface area contributed by atoms with Gasteiger partial charge in [0.25, 0.3) is 0 Å². The fraction of sp³-hybridized carbons (Fsp3) is 1.00. The molecule has 0 radical (unpaired) electrons. The molecule has 6 unspecified atom stereocenters. The molecule has 0 saturated carbocycles. The molecule has 0 saturated heterocycles. The van der Waals surface area contributed by atoms with Gasteiger partial charge in [-0.1, -0.05) is 287 Å². The third kappa shape index (κ3) is 48.2. The molecule has 380 valence electrons. The van der Waals surface area contributed by atoms with E-state index in [9.17, 15) is 0 Å². The quantitative estimate of drug-likeness (QED) is 0.0450. The number of hydrogen-bond acceptors (Lipinski definition) is 3. The number of hydrogen-bond donors (Lipinski definition) is 0. The van der Waals surface area contributed by atoms with Crippen LogP contribution in [0.25, 0.3) is 0 Å². The fourth-order valence-corrected chi connectivity index (χ4v) is 10.2. The molecule has 63 heavy (non-hydrogen) atoms. The highest BCUT2D eigenvalue weighted by atomic mass is 16.8. The SMILES string of the molecule is CCCCCCCCCCCCC(C)CC(C)CCCC(OCCCCCCCCC)OC(CCCC(C)CC(C)CCCCCCCCCCCC)OCCCCCCCCC. The monoisotopic (exact) mass is 891 g/mol. The van der Waals surface area contributed by atoms with Crippen LogP contribution in [-0.4, -0.2) is 25.8 Å². The van der Waals surface area contributed by atoms with E-state index in [4.69, 9.17) is 14.2 Å². The molecule has 0 heterocycles. The highest BCUT2D eigenvalue weighted by Crippen LogP contribution is 2.26. The van der Waals surface area contributed by atoms with Crippen molar-refractivity contribution in [3.8, 4) is 0 Å². The molecular formula is C60H122O3. The van der Waals surface area contributed by atoms with Crippen LogP contribution in [0.4, 0.5) is 0 Å². The van der Waals surface area contributed by atoms with E-state index < -0.39 is 0 Å². The van der Waals surface area contributed by atoms with Crippen molar-refractivity contribution < 1.29 is 14.2 Å². The van der Waals surface area contributed by atoms with E-state index in [2.05, 4.69) is 55.4 Å². The van der Waals surface area contributed by atoms with Gasteiger partial charge >= 0.3 is 0 Å². The molecule has 0 aliphatic heterocycles. The second kappa shape index (κ2) is 51.3. The Kier molecular flexibility index (Phi) is 51.2. The van der Waals surface area contributed by atoms with E-state index in [1.807, 2.05) is 0 Å². The summed E-state index contributed by atoms with van der Waals surface area (Å²) in [7, 11) is 0. The van der Waals surface area contributed by atoms with Crippen molar-refractivity contribution in [2.24, 2.45) is 23.7 Å². The lowest BCUT2D eigenvalue weighted by Crippen LogP contribution is -2.28. The van der Waals surface area contributed by atoms with Gasteiger partial charge < -0.3 is 14.2 Å². The minimum absolute atomic E-state index is 0.140. The van der Waals surface area contributed by atoms with E-state index in [1.165, 1.54) is 257 Å². The predicted octanol–water partition coefficient (Wildman–Crippen LogP) is 21.5. The maximum absolute atomic E-state index is 6.89. The van der Waals surface area contributed by atoms with Crippen LogP contribution in [0.5, 0.6) is 0 Å². The van der Waals surface area contributed by atoms with Crippen LogP contribution < -0.4 is 0 Å². The van der Waals surface area contributed by atoms with Gasteiger partial charge in [-0.25, -0.2) is 0 Å². The first kappa shape index (κ1) is 62.9. The van der Waals surface area contributed by atoms with Crippen LogP contribution in [0, 0.1) is 23.7 Å². The van der Waals surface area contributed by atoms with Crippen molar-refractivity contribution in [1.82, 2.24) is 0 Å². The molecular weight excluding hydrogens is 769 g/mol. The number of rotatable bonds is 54. The van der Waals surface area contributed by atoms with Gasteiger partial charge in [0.05, 0.1) is 0 Å². The van der Waals surface area contributed by atoms with Crippen LogP contribution in [0.1, 0.15) is 338 Å². The van der Waals surface area contributed by atoms with E-state index >= 15 is 0 Å². The van der Waals surface area contributed by atoms with E-state index in [-0.39, 0.29) is 12.6 Å². The zero-order valence-electron chi connectivity index (χ0n) is 45.2. The smallest absolute Gasteiger partial charge is 0.160 e. The minimum atomic E-state index is -0.140. The summed E-state index contributed by atoms with van der Waals surface area (Å²) in [6, 6.07) is 0. The summed E-state index contributed by atoms with van der Waals surface area (Å²) in [6.07, 6.45) is 59.2. The summed E-state index contributed by atoms with van der Waals surface area (Å²) in [4.78, 5) is 0. The molecule has 0 spiro atoms. The number of ether oxygens (including phenoxy) is 3. The second-order valence-corrected chi connectivity index (χ2v) is 21.7. The van der Waals surface area contributed by atoms with Crippen LogP contribution in [-0.2, 0) is 14.2 Å². The minimum Gasteiger partial charge on any atom is -0.353 e. The van der Waals surface area contributed by atoms with E-state index in [1.54, 1.807) is 0 Å². The molecule has 0 aliphatic carbocycles. The fourth-order valence-electron chi connectivity index (χ4n) is 10.2. The third-order valence-electron chi connectivity index (χ3n) is 14.4. The first-order chi connectivity index (χ1) is 30.9. The maximum atomic E-state index is 6.89. The molecule has 0 bridgehead atoms. The lowest BCUT2D eigenvalue weighted by molar-refractivity contribution is -0.250. The Morgan fingerprint density at radius 3 is 0.730 bits per heavy atom. The molecule has 3 heteroatoms. The zero-order valence-corrected chi connectivity index (χ0v) is 45.2. The summed E-state index contributed by atoms with van der Waals surface area (Å²) in [5, 5.41) is 0. The standard InChI is InChI=1S/C60H122O3/c1-9-13-17-21-25-27-29-31-35-39-45-55(5)53-57(7)47-43-49-59(61-51-41-37-33-23-19-15-11-3)63-60(62-52-42-38-34-24-20-16-12-4)50-44-48-58(8)54-56(6)46-40-36-32-30-28-26-22-18-14-10-2/h55-60H,9-54H2,1-8H3. The molecule has 0 fully saturated rings. The molecule has 0 rings (SSSR count). The van der Waals surface area contributed by atoms with Crippen molar-refractivity contribution >= 4 is 0 Å². The van der Waals surface area contributed by atoms with Gasteiger partial charge in [0.15, 0.2) is 12.6 Å². The van der Waals surface area contributed by atoms with E-state index in [0.29, 0.717) is 0 Å². The van der Waals surface area contributed by atoms with Gasteiger partial charge in [-0.2, -0.15) is 0 Å². The summed E-state index contributed by atoms with van der Waals surface area (Å²) >= 11 is 0. The van der Waals surface area contributed by atoms with Gasteiger partial charge in [0, 0.05) is 13.2 Å². The Morgan fingerprint density at radius 2 is 0.460 bits per heavy atom. The van der Waals surface area contributed by atoms with E-state index in [0.717, 1.165) is 62.6 Å². The first-order valence-corrected chi connectivity index (χ1v) is 29.7. The third-order valence-corrected chi connectivity index (χ3v) is 14.4. The largest absolute Gasteiger partial charge is 0.353 e. The van der Waals surface area contributed by atoms with Crippen LogP contribution >= 0.6 is 0 Å².